The van der Waals surface area contributed by atoms with E-state index in [1.54, 1.807) is 13.3 Å². The van der Waals surface area contributed by atoms with Crippen molar-refractivity contribution < 1.29 is 9.36 Å². The van der Waals surface area contributed by atoms with Crippen LogP contribution in [0.4, 0.5) is 0 Å². The summed E-state index contributed by atoms with van der Waals surface area (Å²) in [5, 5.41) is 0. The molecular formula is C7H13O2P. The number of hydrogen-bond donors (Lipinski definition) is 0. The summed E-state index contributed by atoms with van der Waals surface area (Å²) in [6.07, 6.45) is 2.06. The van der Waals surface area contributed by atoms with Crippen LogP contribution < -0.4 is 0 Å². The first-order chi connectivity index (χ1) is 4.50. The van der Waals surface area contributed by atoms with Gasteiger partial charge in [-0.2, -0.15) is 0 Å². The molecule has 1 aliphatic carbocycles. The van der Waals surface area contributed by atoms with E-state index in [1.807, 2.05) is 0 Å². The highest BCUT2D eigenvalue weighted by Crippen LogP contribution is 2.48. The molecule has 0 saturated heterocycles. The molecule has 1 rings (SSSR count). The average Bonchev–Trinajstić information content (AvgIpc) is 2.11. The Kier molecular flexibility index (Phi) is 2.00. The second-order valence-corrected chi connectivity index (χ2v) is 6.97. The van der Waals surface area contributed by atoms with Gasteiger partial charge in [-0.1, -0.05) is 0 Å². The van der Waals surface area contributed by atoms with Gasteiger partial charge >= 0.3 is 0 Å². The summed E-state index contributed by atoms with van der Waals surface area (Å²) < 4.78 is 11.4. The van der Waals surface area contributed by atoms with Crippen LogP contribution in [-0.4, -0.2) is 24.8 Å². The Hall–Kier alpha value is -0.100. The van der Waals surface area contributed by atoms with Crippen LogP contribution in [0.3, 0.4) is 0 Å². The molecule has 2 nitrogen and oxygen atoms in total. The van der Waals surface area contributed by atoms with E-state index >= 15 is 0 Å². The third-order valence-electron chi connectivity index (χ3n) is 2.10. The molecule has 0 aliphatic heterocycles. The SMILES string of the molecule is CP(C)(=O)C1CCC(=O)C1. The fraction of sp³-hybridized carbons (Fsp3) is 0.857. The van der Waals surface area contributed by atoms with E-state index in [9.17, 15) is 9.36 Å². The Morgan fingerprint density at radius 1 is 1.50 bits per heavy atom. The van der Waals surface area contributed by atoms with Crippen LogP contribution in [0.15, 0.2) is 0 Å². The van der Waals surface area contributed by atoms with Crippen molar-refractivity contribution in [3.05, 3.63) is 0 Å². The lowest BCUT2D eigenvalue weighted by Crippen LogP contribution is -2.01. The van der Waals surface area contributed by atoms with Crippen molar-refractivity contribution in [2.45, 2.75) is 24.9 Å². The summed E-state index contributed by atoms with van der Waals surface area (Å²) in [5.74, 6) is 0.286. The standard InChI is InChI=1S/C7H13O2P/c1-10(2,9)7-4-3-6(8)5-7/h7H,3-5H2,1-2H3. The molecule has 3 heteroatoms. The van der Waals surface area contributed by atoms with Crippen LogP contribution >= 0.6 is 7.14 Å². The summed E-state index contributed by atoms with van der Waals surface area (Å²) >= 11 is 0. The van der Waals surface area contributed by atoms with Gasteiger partial charge < -0.3 is 4.57 Å². The zero-order valence-electron chi connectivity index (χ0n) is 6.46. The van der Waals surface area contributed by atoms with Gasteiger partial charge in [0.15, 0.2) is 0 Å². The largest absolute Gasteiger partial charge is 0.324 e. The lowest BCUT2D eigenvalue weighted by Gasteiger charge is -2.12. The molecule has 1 fully saturated rings. The monoisotopic (exact) mass is 160 g/mol. The minimum absolute atomic E-state index is 0.194. The highest BCUT2D eigenvalue weighted by Gasteiger charge is 2.30. The summed E-state index contributed by atoms with van der Waals surface area (Å²) in [6.45, 7) is 3.55. The van der Waals surface area contributed by atoms with Gasteiger partial charge in [-0.15, -0.1) is 0 Å². The second-order valence-electron chi connectivity index (χ2n) is 3.37. The summed E-state index contributed by atoms with van der Waals surface area (Å²) in [5.41, 5.74) is 0.194. The van der Waals surface area contributed by atoms with Crippen molar-refractivity contribution in [2.75, 3.05) is 13.3 Å². The molecular weight excluding hydrogens is 147 g/mol. The first-order valence-electron chi connectivity index (χ1n) is 3.56. The zero-order valence-corrected chi connectivity index (χ0v) is 7.36. The van der Waals surface area contributed by atoms with E-state index in [0.29, 0.717) is 12.8 Å². The van der Waals surface area contributed by atoms with Gasteiger partial charge in [0.05, 0.1) is 7.14 Å². The Bertz CT molecular complexity index is 192. The van der Waals surface area contributed by atoms with Gasteiger partial charge in [0.2, 0.25) is 0 Å². The maximum Gasteiger partial charge on any atom is 0.133 e. The highest BCUT2D eigenvalue weighted by atomic mass is 31.2. The average molecular weight is 160 g/mol. The van der Waals surface area contributed by atoms with Crippen LogP contribution in [0.2, 0.25) is 0 Å². The molecule has 0 aromatic carbocycles. The third-order valence-corrected chi connectivity index (χ3v) is 4.30. The second kappa shape index (κ2) is 2.50. The normalized spacial score (nSPS) is 27.4. The van der Waals surface area contributed by atoms with Crippen molar-refractivity contribution in [2.24, 2.45) is 0 Å². The Morgan fingerprint density at radius 3 is 2.30 bits per heavy atom. The number of Topliss-reactive ketones (excluding diaryl/α,β-unsaturated/α-hetero) is 1. The van der Waals surface area contributed by atoms with Gasteiger partial charge in [-0.25, -0.2) is 0 Å². The lowest BCUT2D eigenvalue weighted by molar-refractivity contribution is -0.117. The van der Waals surface area contributed by atoms with Crippen LogP contribution in [0.25, 0.3) is 0 Å². The topological polar surface area (TPSA) is 34.1 Å². The molecule has 0 amide bonds. The van der Waals surface area contributed by atoms with Crippen molar-refractivity contribution in [1.82, 2.24) is 0 Å². The van der Waals surface area contributed by atoms with Gasteiger partial charge in [0, 0.05) is 18.5 Å². The van der Waals surface area contributed by atoms with Crippen LogP contribution in [-0.2, 0) is 9.36 Å². The molecule has 58 valence electrons. The first kappa shape index (κ1) is 8.00. The molecule has 0 heterocycles. The number of rotatable bonds is 1. The fourth-order valence-corrected chi connectivity index (χ4v) is 2.72. The first-order valence-corrected chi connectivity index (χ1v) is 6.23. The fourth-order valence-electron chi connectivity index (χ4n) is 1.33. The minimum atomic E-state index is -1.97. The predicted octanol–water partition coefficient (Wildman–Crippen LogP) is 1.73. The minimum Gasteiger partial charge on any atom is -0.324 e. The Balaban J connectivity index is 2.62. The van der Waals surface area contributed by atoms with Crippen molar-refractivity contribution >= 4 is 12.9 Å². The lowest BCUT2D eigenvalue weighted by atomic mass is 10.4. The van der Waals surface area contributed by atoms with E-state index in [4.69, 9.17) is 0 Å². The summed E-state index contributed by atoms with van der Waals surface area (Å²) in [6, 6.07) is 0. The molecule has 1 atom stereocenters. The van der Waals surface area contributed by atoms with Gasteiger partial charge in [0.25, 0.3) is 0 Å². The number of carbonyl (C=O) groups is 1. The molecule has 0 N–H and O–H groups in total. The van der Waals surface area contributed by atoms with Gasteiger partial charge in [-0.05, 0) is 19.8 Å². The van der Waals surface area contributed by atoms with E-state index in [2.05, 4.69) is 0 Å². The van der Waals surface area contributed by atoms with Crippen molar-refractivity contribution in [3.8, 4) is 0 Å². The molecule has 0 radical (unpaired) electrons. The number of hydrogen-bond acceptors (Lipinski definition) is 2. The Morgan fingerprint density at radius 2 is 2.10 bits per heavy atom. The Labute approximate surface area is 61.4 Å². The number of carbonyl (C=O) groups excluding carboxylic acids is 1. The molecule has 0 spiro atoms. The summed E-state index contributed by atoms with van der Waals surface area (Å²) in [4.78, 5) is 10.8. The van der Waals surface area contributed by atoms with Gasteiger partial charge in [-0.3, -0.25) is 4.79 Å². The summed E-state index contributed by atoms with van der Waals surface area (Å²) in [7, 11) is -1.97. The maximum absolute atomic E-state index is 11.4. The van der Waals surface area contributed by atoms with Crippen molar-refractivity contribution in [3.63, 3.8) is 0 Å². The molecule has 1 aliphatic rings. The molecule has 0 aromatic rings. The zero-order chi connectivity index (χ0) is 7.78. The number of ketones is 1. The smallest absolute Gasteiger partial charge is 0.133 e. The highest BCUT2D eigenvalue weighted by molar-refractivity contribution is 7.63. The molecule has 10 heavy (non-hydrogen) atoms. The molecule has 0 bridgehead atoms. The molecule has 1 saturated carbocycles. The van der Waals surface area contributed by atoms with E-state index in [-0.39, 0.29) is 11.4 Å². The van der Waals surface area contributed by atoms with Gasteiger partial charge in [0.1, 0.15) is 5.78 Å². The van der Waals surface area contributed by atoms with E-state index in [0.717, 1.165) is 6.42 Å². The van der Waals surface area contributed by atoms with Crippen LogP contribution in [0, 0.1) is 0 Å². The van der Waals surface area contributed by atoms with E-state index < -0.39 is 7.14 Å². The quantitative estimate of drug-likeness (QED) is 0.547. The predicted molar refractivity (Wildman–Crippen MR) is 42.1 cm³/mol. The molecule has 0 aromatic heterocycles. The third kappa shape index (κ3) is 1.69. The maximum atomic E-state index is 11.4. The van der Waals surface area contributed by atoms with E-state index in [1.165, 1.54) is 0 Å². The van der Waals surface area contributed by atoms with Crippen LogP contribution in [0.1, 0.15) is 19.3 Å². The van der Waals surface area contributed by atoms with Crippen molar-refractivity contribution in [1.29, 1.82) is 0 Å². The van der Waals surface area contributed by atoms with Crippen LogP contribution in [0.5, 0.6) is 0 Å². The molecule has 1 unspecified atom stereocenters.